The van der Waals surface area contributed by atoms with Gasteiger partial charge in [0.05, 0.1) is 0 Å². The topological polar surface area (TPSA) is 52.9 Å². The largest absolute Gasteiger partial charge is 0.321 e. The fourth-order valence-electron chi connectivity index (χ4n) is 1.98. The molecule has 0 fully saturated rings. The Bertz CT molecular complexity index is 720. The Hall–Kier alpha value is -2.38. The van der Waals surface area contributed by atoms with Crippen LogP contribution in [0.15, 0.2) is 42.0 Å². The molecule has 4 heteroatoms. The van der Waals surface area contributed by atoms with Gasteiger partial charge in [-0.3, -0.25) is 4.79 Å². The molecule has 1 amide bonds. The molecule has 0 aliphatic heterocycles. The Balaban J connectivity index is 2.12. The van der Waals surface area contributed by atoms with Crippen LogP contribution >= 0.6 is 11.3 Å². The molecule has 0 aliphatic carbocycles. The number of thiophene rings is 1. The van der Waals surface area contributed by atoms with Gasteiger partial charge >= 0.3 is 0 Å². The lowest BCUT2D eigenvalue weighted by atomic mass is 10.1. The molecule has 2 rings (SSSR count). The highest BCUT2D eigenvalue weighted by Crippen LogP contribution is 2.20. The average Bonchev–Trinajstić information content (AvgIpc) is 3.01. The summed E-state index contributed by atoms with van der Waals surface area (Å²) in [5.74, 6) is -0.377. The zero-order chi connectivity index (χ0) is 15.9. The van der Waals surface area contributed by atoms with Crippen molar-refractivity contribution in [3.05, 3.63) is 57.3 Å². The van der Waals surface area contributed by atoms with Crippen LogP contribution < -0.4 is 5.32 Å². The van der Waals surface area contributed by atoms with Crippen LogP contribution in [0.5, 0.6) is 0 Å². The molecular weight excluding hydrogens is 292 g/mol. The number of amides is 1. The van der Waals surface area contributed by atoms with Gasteiger partial charge in [0.25, 0.3) is 5.91 Å². The number of hydrogen-bond donors (Lipinski definition) is 1. The van der Waals surface area contributed by atoms with E-state index in [9.17, 15) is 10.1 Å². The summed E-state index contributed by atoms with van der Waals surface area (Å²) in [7, 11) is 0. The molecule has 0 aliphatic rings. The van der Waals surface area contributed by atoms with Crippen LogP contribution in [0, 0.1) is 11.3 Å². The molecular formula is C18H18N2OS. The fraction of sp³-hybridized carbons (Fsp3) is 0.222. The highest BCUT2D eigenvalue weighted by molar-refractivity contribution is 7.12. The smallest absolute Gasteiger partial charge is 0.266 e. The summed E-state index contributed by atoms with van der Waals surface area (Å²) in [4.78, 5) is 14.3. The lowest BCUT2D eigenvalue weighted by Crippen LogP contribution is -2.13. The molecule has 22 heavy (non-hydrogen) atoms. The Morgan fingerprint density at radius 1 is 1.18 bits per heavy atom. The number of hydrogen-bond acceptors (Lipinski definition) is 3. The van der Waals surface area contributed by atoms with Crippen molar-refractivity contribution in [1.29, 1.82) is 5.26 Å². The van der Waals surface area contributed by atoms with E-state index in [2.05, 4.69) is 19.2 Å². The van der Waals surface area contributed by atoms with Gasteiger partial charge in [-0.25, -0.2) is 0 Å². The Morgan fingerprint density at radius 3 is 2.45 bits per heavy atom. The second-order valence-corrected chi connectivity index (χ2v) is 6.03. The van der Waals surface area contributed by atoms with Crippen LogP contribution in [0.1, 0.15) is 29.2 Å². The zero-order valence-electron chi connectivity index (χ0n) is 12.7. The molecule has 0 bridgehead atoms. The number of carbonyl (C=O) groups is 1. The Kier molecular flexibility index (Phi) is 5.51. The number of nitrogens with one attached hydrogen (secondary N) is 1. The average molecular weight is 310 g/mol. The first-order valence-corrected chi connectivity index (χ1v) is 8.08. The molecule has 1 aromatic carbocycles. The minimum atomic E-state index is -0.377. The van der Waals surface area contributed by atoms with E-state index < -0.39 is 0 Å². The Morgan fingerprint density at radius 2 is 1.91 bits per heavy atom. The first-order chi connectivity index (χ1) is 10.7. The second-order valence-electron chi connectivity index (χ2n) is 4.83. The molecule has 0 saturated carbocycles. The SMILES string of the molecule is CCc1ccc(NC(=O)C(C#N)=Cc2ccc(CC)s2)cc1. The summed E-state index contributed by atoms with van der Waals surface area (Å²) in [6.45, 7) is 4.16. The highest BCUT2D eigenvalue weighted by atomic mass is 32.1. The van der Waals surface area contributed by atoms with E-state index in [1.807, 2.05) is 42.5 Å². The van der Waals surface area contributed by atoms with Crippen molar-refractivity contribution in [1.82, 2.24) is 0 Å². The maximum absolute atomic E-state index is 12.2. The van der Waals surface area contributed by atoms with Crippen molar-refractivity contribution in [3.8, 4) is 6.07 Å². The standard InChI is InChI=1S/C18H18N2OS/c1-3-13-5-7-15(8-6-13)20-18(21)14(12-19)11-17-10-9-16(4-2)22-17/h5-11H,3-4H2,1-2H3,(H,20,21). The van der Waals surface area contributed by atoms with Gasteiger partial charge in [-0.2, -0.15) is 5.26 Å². The van der Waals surface area contributed by atoms with Crippen molar-refractivity contribution in [2.75, 3.05) is 5.32 Å². The van der Waals surface area contributed by atoms with Crippen LogP contribution in [0.3, 0.4) is 0 Å². The highest BCUT2D eigenvalue weighted by Gasteiger charge is 2.10. The van der Waals surface area contributed by atoms with Crippen LogP contribution in [-0.2, 0) is 17.6 Å². The molecule has 112 valence electrons. The summed E-state index contributed by atoms with van der Waals surface area (Å²) >= 11 is 1.60. The van der Waals surface area contributed by atoms with Gasteiger partial charge in [-0.05, 0) is 48.7 Å². The number of nitrogens with zero attached hydrogens (tertiary/aromatic N) is 1. The van der Waals surface area contributed by atoms with E-state index in [4.69, 9.17) is 0 Å². The monoisotopic (exact) mass is 310 g/mol. The third-order valence-corrected chi connectivity index (χ3v) is 4.48. The molecule has 0 saturated heterocycles. The second kappa shape index (κ2) is 7.58. The molecule has 1 N–H and O–H groups in total. The predicted octanol–water partition coefficient (Wildman–Crippen LogP) is 4.42. The first-order valence-electron chi connectivity index (χ1n) is 7.27. The van der Waals surface area contributed by atoms with E-state index in [0.29, 0.717) is 5.69 Å². The van der Waals surface area contributed by atoms with E-state index in [0.717, 1.165) is 17.7 Å². The van der Waals surface area contributed by atoms with Gasteiger partial charge in [0.2, 0.25) is 0 Å². The van der Waals surface area contributed by atoms with Gasteiger partial charge in [0.15, 0.2) is 0 Å². The van der Waals surface area contributed by atoms with Crippen molar-refractivity contribution in [3.63, 3.8) is 0 Å². The van der Waals surface area contributed by atoms with Crippen molar-refractivity contribution >= 4 is 29.0 Å². The number of rotatable bonds is 5. The molecule has 1 heterocycles. The minimum Gasteiger partial charge on any atom is -0.321 e. The van der Waals surface area contributed by atoms with Crippen LogP contribution in [0.2, 0.25) is 0 Å². The van der Waals surface area contributed by atoms with Crippen LogP contribution in [-0.4, -0.2) is 5.91 Å². The summed E-state index contributed by atoms with van der Waals surface area (Å²) < 4.78 is 0. The van der Waals surface area contributed by atoms with E-state index in [-0.39, 0.29) is 11.5 Å². The summed E-state index contributed by atoms with van der Waals surface area (Å²) in [6.07, 6.45) is 3.55. The van der Waals surface area contributed by atoms with Gasteiger partial charge in [-0.15, -0.1) is 11.3 Å². The lowest BCUT2D eigenvalue weighted by molar-refractivity contribution is -0.112. The molecule has 1 aromatic heterocycles. The minimum absolute atomic E-state index is 0.115. The fourth-order valence-corrected chi connectivity index (χ4v) is 2.87. The molecule has 2 aromatic rings. The maximum Gasteiger partial charge on any atom is 0.266 e. The number of carbonyl (C=O) groups excluding carboxylic acids is 1. The molecule has 0 unspecified atom stereocenters. The third-order valence-electron chi connectivity index (χ3n) is 3.30. The van der Waals surface area contributed by atoms with E-state index in [1.165, 1.54) is 10.4 Å². The first kappa shape index (κ1) is 16.0. The van der Waals surface area contributed by atoms with E-state index >= 15 is 0 Å². The maximum atomic E-state index is 12.2. The predicted molar refractivity (Wildman–Crippen MR) is 91.7 cm³/mol. The number of nitriles is 1. The van der Waals surface area contributed by atoms with Gasteiger partial charge < -0.3 is 5.32 Å². The summed E-state index contributed by atoms with van der Waals surface area (Å²) in [5, 5.41) is 12.0. The third kappa shape index (κ3) is 4.06. The number of aryl methyl sites for hydroxylation is 2. The van der Waals surface area contributed by atoms with Crippen LogP contribution in [0.25, 0.3) is 6.08 Å². The van der Waals surface area contributed by atoms with Gasteiger partial charge in [-0.1, -0.05) is 26.0 Å². The number of benzene rings is 1. The van der Waals surface area contributed by atoms with Gasteiger partial charge in [0.1, 0.15) is 11.6 Å². The lowest BCUT2D eigenvalue weighted by Gasteiger charge is -2.05. The van der Waals surface area contributed by atoms with Crippen molar-refractivity contribution in [2.45, 2.75) is 26.7 Å². The normalized spacial score (nSPS) is 11.0. The molecule has 3 nitrogen and oxygen atoms in total. The zero-order valence-corrected chi connectivity index (χ0v) is 13.5. The summed E-state index contributed by atoms with van der Waals surface area (Å²) in [6, 6.07) is 13.6. The quantitative estimate of drug-likeness (QED) is 0.656. The van der Waals surface area contributed by atoms with Gasteiger partial charge in [0, 0.05) is 15.4 Å². The number of anilines is 1. The van der Waals surface area contributed by atoms with E-state index in [1.54, 1.807) is 17.4 Å². The van der Waals surface area contributed by atoms with Crippen molar-refractivity contribution < 1.29 is 4.79 Å². The van der Waals surface area contributed by atoms with Crippen molar-refractivity contribution in [2.24, 2.45) is 0 Å². The Labute approximate surface area is 134 Å². The van der Waals surface area contributed by atoms with Crippen LogP contribution in [0.4, 0.5) is 5.69 Å². The molecule has 0 radical (unpaired) electrons. The summed E-state index contributed by atoms with van der Waals surface area (Å²) in [5.41, 5.74) is 2.02. The molecule has 0 atom stereocenters. The molecule has 0 spiro atoms.